The van der Waals surface area contributed by atoms with Crippen molar-refractivity contribution in [2.45, 2.75) is 39.8 Å². The van der Waals surface area contributed by atoms with Crippen molar-refractivity contribution >= 4 is 5.52 Å². The zero-order valence-corrected chi connectivity index (χ0v) is 11.0. The van der Waals surface area contributed by atoms with E-state index in [1.165, 1.54) is 0 Å². The van der Waals surface area contributed by atoms with Crippen LogP contribution in [-0.2, 0) is 6.54 Å². The van der Waals surface area contributed by atoms with Crippen LogP contribution in [0.5, 0.6) is 0 Å². The summed E-state index contributed by atoms with van der Waals surface area (Å²) in [5, 5.41) is 14.2. The molecule has 2 rings (SSSR count). The normalized spacial score (nSPS) is 14.9. The molecule has 0 saturated carbocycles. The highest BCUT2D eigenvalue weighted by Crippen LogP contribution is 2.09. The fourth-order valence-electron chi connectivity index (χ4n) is 1.95. The first-order chi connectivity index (χ1) is 8.52. The zero-order chi connectivity index (χ0) is 13.3. The Morgan fingerprint density at radius 3 is 2.83 bits per heavy atom. The van der Waals surface area contributed by atoms with Gasteiger partial charge in [-0.15, -0.1) is 0 Å². The minimum Gasteiger partial charge on any atom is -0.391 e. The van der Waals surface area contributed by atoms with Crippen LogP contribution in [-0.4, -0.2) is 25.4 Å². The van der Waals surface area contributed by atoms with Crippen molar-refractivity contribution in [3.05, 3.63) is 34.5 Å². The summed E-state index contributed by atoms with van der Waals surface area (Å²) in [6, 6.07) is 1.76. The minimum absolute atomic E-state index is 0.111. The highest BCUT2D eigenvalue weighted by Gasteiger charge is 2.14. The van der Waals surface area contributed by atoms with Gasteiger partial charge in [0, 0.05) is 12.4 Å². The molecule has 2 aromatic heterocycles. The number of aliphatic hydroxyl groups excluding tert-OH is 1. The SMILES string of the molecule is CCC(C)C(O)Cn1ccn2nc(C)cc2c1=O. The summed E-state index contributed by atoms with van der Waals surface area (Å²) >= 11 is 0. The highest BCUT2D eigenvalue weighted by molar-refractivity contribution is 5.44. The predicted octanol–water partition coefficient (Wildman–Crippen LogP) is 1.21. The molecule has 0 aliphatic heterocycles. The van der Waals surface area contributed by atoms with E-state index in [0.29, 0.717) is 12.1 Å². The van der Waals surface area contributed by atoms with Crippen LogP contribution in [0.3, 0.4) is 0 Å². The molecule has 0 fully saturated rings. The van der Waals surface area contributed by atoms with Crippen LogP contribution in [0.1, 0.15) is 26.0 Å². The van der Waals surface area contributed by atoms with Crippen LogP contribution < -0.4 is 5.56 Å². The van der Waals surface area contributed by atoms with Crippen molar-refractivity contribution in [2.24, 2.45) is 5.92 Å². The molecule has 2 unspecified atom stereocenters. The second kappa shape index (κ2) is 4.94. The Balaban J connectivity index is 2.34. The van der Waals surface area contributed by atoms with Gasteiger partial charge in [0.25, 0.3) is 5.56 Å². The third-order valence-corrected chi connectivity index (χ3v) is 3.41. The van der Waals surface area contributed by atoms with Crippen molar-refractivity contribution in [1.29, 1.82) is 0 Å². The number of aryl methyl sites for hydroxylation is 1. The summed E-state index contributed by atoms with van der Waals surface area (Å²) in [4.78, 5) is 12.2. The Morgan fingerprint density at radius 2 is 2.17 bits per heavy atom. The first-order valence-electron chi connectivity index (χ1n) is 6.26. The van der Waals surface area contributed by atoms with Crippen LogP contribution in [0.25, 0.3) is 5.52 Å². The average Bonchev–Trinajstić information content (AvgIpc) is 2.73. The van der Waals surface area contributed by atoms with E-state index in [2.05, 4.69) is 5.10 Å². The van der Waals surface area contributed by atoms with Gasteiger partial charge in [-0.2, -0.15) is 5.10 Å². The van der Waals surface area contributed by atoms with E-state index in [1.807, 2.05) is 20.8 Å². The van der Waals surface area contributed by atoms with Crippen LogP contribution in [0.2, 0.25) is 0 Å². The summed E-state index contributed by atoms with van der Waals surface area (Å²) < 4.78 is 3.12. The summed E-state index contributed by atoms with van der Waals surface area (Å²) in [5.41, 5.74) is 1.25. The average molecular weight is 249 g/mol. The van der Waals surface area contributed by atoms with E-state index in [4.69, 9.17) is 0 Å². The Bertz CT molecular complexity index is 600. The quantitative estimate of drug-likeness (QED) is 0.886. The molecule has 2 aromatic rings. The lowest BCUT2D eigenvalue weighted by molar-refractivity contribution is 0.0956. The molecular formula is C13H19N3O2. The van der Waals surface area contributed by atoms with Crippen LogP contribution in [0, 0.1) is 12.8 Å². The third kappa shape index (κ3) is 2.31. The number of rotatable bonds is 4. The second-order valence-electron chi connectivity index (χ2n) is 4.82. The van der Waals surface area contributed by atoms with Gasteiger partial charge in [0.15, 0.2) is 0 Å². The van der Waals surface area contributed by atoms with Crippen molar-refractivity contribution in [2.75, 3.05) is 0 Å². The van der Waals surface area contributed by atoms with Crippen molar-refractivity contribution in [3.63, 3.8) is 0 Å². The van der Waals surface area contributed by atoms with Gasteiger partial charge < -0.3 is 9.67 Å². The largest absolute Gasteiger partial charge is 0.391 e. The van der Waals surface area contributed by atoms with Gasteiger partial charge in [0.05, 0.1) is 18.3 Å². The molecular weight excluding hydrogens is 230 g/mol. The zero-order valence-electron chi connectivity index (χ0n) is 11.0. The summed E-state index contributed by atoms with van der Waals surface area (Å²) in [6.45, 7) is 6.19. The fraction of sp³-hybridized carbons (Fsp3) is 0.538. The highest BCUT2D eigenvalue weighted by atomic mass is 16.3. The molecule has 5 heteroatoms. The van der Waals surface area contributed by atoms with Gasteiger partial charge >= 0.3 is 0 Å². The van der Waals surface area contributed by atoms with E-state index < -0.39 is 6.10 Å². The van der Waals surface area contributed by atoms with Gasteiger partial charge in [-0.3, -0.25) is 4.79 Å². The first-order valence-corrected chi connectivity index (χ1v) is 6.26. The maximum absolute atomic E-state index is 12.2. The molecule has 0 aromatic carbocycles. The molecule has 0 bridgehead atoms. The Labute approximate surface area is 106 Å². The summed E-state index contributed by atoms with van der Waals surface area (Å²) in [5.74, 6) is 0.180. The van der Waals surface area contributed by atoms with E-state index in [-0.39, 0.29) is 11.5 Å². The van der Waals surface area contributed by atoms with Gasteiger partial charge in [-0.1, -0.05) is 20.3 Å². The van der Waals surface area contributed by atoms with E-state index in [9.17, 15) is 9.90 Å². The van der Waals surface area contributed by atoms with Crippen molar-refractivity contribution in [1.82, 2.24) is 14.2 Å². The molecule has 18 heavy (non-hydrogen) atoms. The molecule has 98 valence electrons. The number of nitrogens with zero attached hydrogens (tertiary/aromatic N) is 3. The maximum Gasteiger partial charge on any atom is 0.276 e. The molecule has 0 amide bonds. The third-order valence-electron chi connectivity index (χ3n) is 3.41. The summed E-state index contributed by atoms with van der Waals surface area (Å²) in [6.07, 6.45) is 3.81. The molecule has 2 atom stereocenters. The molecule has 0 spiro atoms. The lowest BCUT2D eigenvalue weighted by atomic mass is 10.0. The van der Waals surface area contributed by atoms with Crippen LogP contribution in [0.4, 0.5) is 0 Å². The van der Waals surface area contributed by atoms with Crippen molar-refractivity contribution < 1.29 is 5.11 Å². The van der Waals surface area contributed by atoms with E-state index >= 15 is 0 Å². The van der Waals surface area contributed by atoms with Gasteiger partial charge in [-0.05, 0) is 18.9 Å². The molecule has 5 nitrogen and oxygen atoms in total. The smallest absolute Gasteiger partial charge is 0.276 e. The van der Waals surface area contributed by atoms with Gasteiger partial charge in [-0.25, -0.2) is 4.52 Å². The van der Waals surface area contributed by atoms with Gasteiger partial charge in [0.1, 0.15) is 5.52 Å². The standard InChI is InChI=1S/C13H19N3O2/c1-4-9(2)12(17)8-15-5-6-16-11(13(15)18)7-10(3)14-16/h5-7,9,12,17H,4,8H2,1-3H3. The molecule has 0 aliphatic rings. The number of fused-ring (bicyclic) bond motifs is 1. The Hall–Kier alpha value is -1.62. The second-order valence-corrected chi connectivity index (χ2v) is 4.82. The molecule has 0 aliphatic carbocycles. The van der Waals surface area contributed by atoms with E-state index in [0.717, 1.165) is 12.1 Å². The lowest BCUT2D eigenvalue weighted by Gasteiger charge is -2.18. The van der Waals surface area contributed by atoms with Gasteiger partial charge in [0.2, 0.25) is 0 Å². The molecule has 2 heterocycles. The van der Waals surface area contributed by atoms with Crippen LogP contribution in [0.15, 0.2) is 23.3 Å². The first kappa shape index (κ1) is 12.8. The Kier molecular flexibility index (Phi) is 3.52. The molecule has 0 saturated heterocycles. The summed E-state index contributed by atoms with van der Waals surface area (Å²) in [7, 11) is 0. The van der Waals surface area contributed by atoms with Crippen LogP contribution >= 0.6 is 0 Å². The molecule has 0 radical (unpaired) electrons. The Morgan fingerprint density at radius 1 is 1.44 bits per heavy atom. The lowest BCUT2D eigenvalue weighted by Crippen LogP contribution is -2.30. The maximum atomic E-state index is 12.2. The monoisotopic (exact) mass is 249 g/mol. The topological polar surface area (TPSA) is 59.5 Å². The predicted molar refractivity (Wildman–Crippen MR) is 69.7 cm³/mol. The van der Waals surface area contributed by atoms with E-state index in [1.54, 1.807) is 27.5 Å². The molecule has 1 N–H and O–H groups in total. The number of aromatic nitrogens is 3. The van der Waals surface area contributed by atoms with Crippen molar-refractivity contribution in [3.8, 4) is 0 Å². The number of aliphatic hydroxyl groups is 1. The number of hydrogen-bond acceptors (Lipinski definition) is 3. The minimum atomic E-state index is -0.501. The fourth-order valence-corrected chi connectivity index (χ4v) is 1.95. The number of hydrogen-bond donors (Lipinski definition) is 1.